The summed E-state index contributed by atoms with van der Waals surface area (Å²) in [4.78, 5) is 2.65. The minimum Gasteiger partial charge on any atom is -0.493 e. The van der Waals surface area contributed by atoms with Gasteiger partial charge in [-0.1, -0.05) is 11.2 Å². The zero-order valence-corrected chi connectivity index (χ0v) is 11.5. The summed E-state index contributed by atoms with van der Waals surface area (Å²) in [5.41, 5.74) is 8.95. The molecule has 6 nitrogen and oxygen atoms in total. The van der Waals surface area contributed by atoms with Gasteiger partial charge in [-0.25, -0.2) is 0 Å². The largest absolute Gasteiger partial charge is 0.493 e. The highest BCUT2D eigenvalue weighted by Crippen LogP contribution is 2.33. The molecule has 0 heterocycles. The summed E-state index contributed by atoms with van der Waals surface area (Å²) in [7, 11) is 1.59. The molecule has 0 spiro atoms. The molecular weight excluding hydrogens is 258 g/mol. The van der Waals surface area contributed by atoms with Crippen LogP contribution < -0.4 is 9.47 Å². The number of hydrogen-bond acceptors (Lipinski definition) is 4. The molecule has 1 aliphatic rings. The Bertz CT molecular complexity index is 494. The molecule has 20 heavy (non-hydrogen) atoms. The maximum atomic E-state index is 9.94. The lowest BCUT2D eigenvalue weighted by atomic mass is 10.1. The molecule has 108 valence electrons. The molecule has 1 unspecified atom stereocenters. The minimum atomic E-state index is -0.831. The Morgan fingerprint density at radius 2 is 2.15 bits per heavy atom. The third-order valence-corrected chi connectivity index (χ3v) is 3.49. The van der Waals surface area contributed by atoms with E-state index in [9.17, 15) is 5.11 Å². The van der Waals surface area contributed by atoms with Gasteiger partial charge in [-0.15, -0.1) is 0 Å². The van der Waals surface area contributed by atoms with Crippen molar-refractivity contribution < 1.29 is 14.6 Å². The van der Waals surface area contributed by atoms with Crippen molar-refractivity contribution in [2.24, 2.45) is 5.11 Å². The fourth-order valence-corrected chi connectivity index (χ4v) is 2.40. The van der Waals surface area contributed by atoms with E-state index in [1.54, 1.807) is 25.3 Å². The number of azide groups is 1. The van der Waals surface area contributed by atoms with Crippen molar-refractivity contribution in [2.45, 2.75) is 37.9 Å². The van der Waals surface area contributed by atoms with Crippen LogP contribution in [0, 0.1) is 0 Å². The monoisotopic (exact) mass is 277 g/mol. The number of hydrogen-bond donors (Lipinski definition) is 1. The molecule has 1 N–H and O–H groups in total. The minimum absolute atomic E-state index is 0.00565. The van der Waals surface area contributed by atoms with Crippen molar-refractivity contribution in [3.63, 3.8) is 0 Å². The van der Waals surface area contributed by atoms with E-state index in [4.69, 9.17) is 15.0 Å². The van der Waals surface area contributed by atoms with E-state index < -0.39 is 6.10 Å². The number of rotatable bonds is 6. The summed E-state index contributed by atoms with van der Waals surface area (Å²) >= 11 is 0. The van der Waals surface area contributed by atoms with Crippen LogP contribution in [0.3, 0.4) is 0 Å². The third kappa shape index (κ3) is 3.56. The molecular formula is C14H19N3O3. The predicted octanol–water partition coefficient (Wildman–Crippen LogP) is 3.36. The molecule has 1 atom stereocenters. The Morgan fingerprint density at radius 1 is 1.40 bits per heavy atom. The average Bonchev–Trinajstić information content (AvgIpc) is 2.97. The Hall–Kier alpha value is -1.91. The molecule has 2 rings (SSSR count). The summed E-state index contributed by atoms with van der Waals surface area (Å²) in [5, 5.41) is 13.3. The van der Waals surface area contributed by atoms with Gasteiger partial charge in [0.2, 0.25) is 0 Å². The first-order valence-corrected chi connectivity index (χ1v) is 6.78. The van der Waals surface area contributed by atoms with Crippen LogP contribution in [-0.4, -0.2) is 24.9 Å². The van der Waals surface area contributed by atoms with E-state index in [-0.39, 0.29) is 12.6 Å². The van der Waals surface area contributed by atoms with Crippen molar-refractivity contribution >= 4 is 0 Å². The number of aliphatic hydroxyl groups excluding tert-OH is 1. The maximum Gasteiger partial charge on any atom is 0.161 e. The first-order valence-electron chi connectivity index (χ1n) is 6.78. The molecule has 1 aromatic rings. The first kappa shape index (κ1) is 14.5. The summed E-state index contributed by atoms with van der Waals surface area (Å²) in [5.74, 6) is 1.29. The van der Waals surface area contributed by atoms with E-state index in [1.807, 2.05) is 0 Å². The number of benzene rings is 1. The second-order valence-corrected chi connectivity index (χ2v) is 4.86. The smallest absolute Gasteiger partial charge is 0.161 e. The van der Waals surface area contributed by atoms with Crippen LogP contribution in [0.4, 0.5) is 0 Å². The van der Waals surface area contributed by atoms with E-state index in [2.05, 4.69) is 10.0 Å². The van der Waals surface area contributed by atoms with Gasteiger partial charge in [-0.3, -0.25) is 0 Å². The van der Waals surface area contributed by atoms with Crippen LogP contribution in [0.2, 0.25) is 0 Å². The number of nitrogens with zero attached hydrogens (tertiary/aromatic N) is 3. The Kier molecular flexibility index (Phi) is 5.09. The standard InChI is InChI=1S/C14H19N3O3/c1-19-13-7-6-10(12(18)9-16-17-15)8-14(13)20-11-4-2-3-5-11/h6-8,11-12,18H,2-5,9H2,1H3. The van der Waals surface area contributed by atoms with Crippen LogP contribution >= 0.6 is 0 Å². The predicted molar refractivity (Wildman–Crippen MR) is 74.9 cm³/mol. The molecule has 1 aliphatic carbocycles. The highest BCUT2D eigenvalue weighted by Gasteiger charge is 2.19. The van der Waals surface area contributed by atoms with Gasteiger partial charge >= 0.3 is 0 Å². The molecule has 0 aromatic heterocycles. The van der Waals surface area contributed by atoms with Gasteiger partial charge in [0.25, 0.3) is 0 Å². The molecule has 1 saturated carbocycles. The van der Waals surface area contributed by atoms with E-state index in [0.717, 1.165) is 12.8 Å². The second kappa shape index (κ2) is 7.03. The van der Waals surface area contributed by atoms with Gasteiger partial charge in [0.05, 0.1) is 25.9 Å². The van der Waals surface area contributed by atoms with Crippen molar-refractivity contribution in [3.05, 3.63) is 34.2 Å². The second-order valence-electron chi connectivity index (χ2n) is 4.86. The Balaban J connectivity index is 2.16. The summed E-state index contributed by atoms with van der Waals surface area (Å²) in [6, 6.07) is 5.27. The Labute approximate surface area is 118 Å². The van der Waals surface area contributed by atoms with Gasteiger partial charge in [0.1, 0.15) is 0 Å². The normalized spacial score (nSPS) is 16.5. The summed E-state index contributed by atoms with van der Waals surface area (Å²) in [6.07, 6.45) is 3.86. The van der Waals surface area contributed by atoms with E-state index in [1.165, 1.54) is 12.8 Å². The van der Waals surface area contributed by atoms with Crippen molar-refractivity contribution in [1.82, 2.24) is 0 Å². The SMILES string of the molecule is COc1ccc(C(O)CN=[N+]=[N-])cc1OC1CCCC1. The quantitative estimate of drug-likeness (QED) is 0.491. The van der Waals surface area contributed by atoms with Gasteiger partial charge < -0.3 is 14.6 Å². The lowest BCUT2D eigenvalue weighted by molar-refractivity contribution is 0.181. The van der Waals surface area contributed by atoms with Crippen LogP contribution in [0.1, 0.15) is 37.4 Å². The van der Waals surface area contributed by atoms with E-state index >= 15 is 0 Å². The highest BCUT2D eigenvalue weighted by atomic mass is 16.5. The summed E-state index contributed by atoms with van der Waals surface area (Å²) < 4.78 is 11.2. The highest BCUT2D eigenvalue weighted by molar-refractivity contribution is 5.43. The molecule has 6 heteroatoms. The van der Waals surface area contributed by atoms with Crippen molar-refractivity contribution in [3.8, 4) is 11.5 Å². The number of aliphatic hydroxyl groups is 1. The molecule has 1 aromatic carbocycles. The van der Waals surface area contributed by atoms with Gasteiger partial charge in [-0.2, -0.15) is 0 Å². The Morgan fingerprint density at radius 3 is 2.80 bits per heavy atom. The zero-order chi connectivity index (χ0) is 14.4. The van der Waals surface area contributed by atoms with Crippen LogP contribution in [0.5, 0.6) is 11.5 Å². The molecule has 0 amide bonds. The third-order valence-electron chi connectivity index (χ3n) is 3.49. The fourth-order valence-electron chi connectivity index (χ4n) is 2.40. The molecule has 0 bridgehead atoms. The van der Waals surface area contributed by atoms with Crippen LogP contribution in [-0.2, 0) is 0 Å². The maximum absolute atomic E-state index is 9.94. The molecule has 0 aliphatic heterocycles. The zero-order valence-electron chi connectivity index (χ0n) is 11.5. The van der Waals surface area contributed by atoms with E-state index in [0.29, 0.717) is 17.1 Å². The van der Waals surface area contributed by atoms with Gasteiger partial charge in [0, 0.05) is 4.91 Å². The van der Waals surface area contributed by atoms with Crippen molar-refractivity contribution in [1.29, 1.82) is 0 Å². The first-order chi connectivity index (χ1) is 9.74. The average molecular weight is 277 g/mol. The molecule has 0 saturated heterocycles. The lowest BCUT2D eigenvalue weighted by Gasteiger charge is -2.18. The number of methoxy groups -OCH3 is 1. The van der Waals surface area contributed by atoms with Crippen LogP contribution in [0.15, 0.2) is 23.3 Å². The fraction of sp³-hybridized carbons (Fsp3) is 0.571. The van der Waals surface area contributed by atoms with Gasteiger partial charge in [-0.05, 0) is 48.9 Å². The topological polar surface area (TPSA) is 87.5 Å². The summed E-state index contributed by atoms with van der Waals surface area (Å²) in [6.45, 7) is 0.00565. The van der Waals surface area contributed by atoms with Crippen molar-refractivity contribution in [2.75, 3.05) is 13.7 Å². The molecule has 1 fully saturated rings. The number of ether oxygens (including phenoxy) is 2. The lowest BCUT2D eigenvalue weighted by Crippen LogP contribution is -2.12. The van der Waals surface area contributed by atoms with Crippen LogP contribution in [0.25, 0.3) is 10.4 Å². The molecule has 0 radical (unpaired) electrons. The van der Waals surface area contributed by atoms with Gasteiger partial charge in [0.15, 0.2) is 11.5 Å².